The molecule has 0 aromatic heterocycles. The highest BCUT2D eigenvalue weighted by atomic mass is 35.5. The van der Waals surface area contributed by atoms with Crippen molar-refractivity contribution in [3.8, 4) is 0 Å². The van der Waals surface area contributed by atoms with Gasteiger partial charge in [0.15, 0.2) is 0 Å². The highest BCUT2D eigenvalue weighted by molar-refractivity contribution is 6.36. The summed E-state index contributed by atoms with van der Waals surface area (Å²) >= 11 is 11.6. The molecule has 4 heteroatoms. The molecule has 0 spiro atoms. The number of nitrogens with zero attached hydrogens (tertiary/aromatic N) is 1. The topological polar surface area (TPSA) is 15.3 Å². The number of likely N-dealkylation sites (tertiary alicyclic amines) is 1. The molecular formula is C13H24Cl2N2. The maximum Gasteiger partial charge on any atom is 0.0434 e. The third-order valence-corrected chi connectivity index (χ3v) is 3.76. The van der Waals surface area contributed by atoms with Crippen LogP contribution in [0.2, 0.25) is 0 Å². The fourth-order valence-corrected chi connectivity index (χ4v) is 2.49. The second kappa shape index (κ2) is 8.36. The monoisotopic (exact) mass is 278 g/mol. The zero-order valence-corrected chi connectivity index (χ0v) is 12.4. The molecule has 1 aliphatic rings. The zero-order chi connectivity index (χ0) is 12.7. The van der Waals surface area contributed by atoms with Gasteiger partial charge in [-0.15, -0.1) is 0 Å². The van der Waals surface area contributed by atoms with E-state index in [1.165, 1.54) is 24.8 Å². The first-order valence-electron chi connectivity index (χ1n) is 6.53. The van der Waals surface area contributed by atoms with Crippen LogP contribution in [0.3, 0.4) is 0 Å². The number of hydrogen-bond acceptors (Lipinski definition) is 2. The van der Waals surface area contributed by atoms with Gasteiger partial charge in [-0.05, 0) is 31.8 Å². The second-order valence-corrected chi connectivity index (χ2v) is 5.93. The van der Waals surface area contributed by atoms with Gasteiger partial charge in [0.25, 0.3) is 0 Å². The summed E-state index contributed by atoms with van der Waals surface area (Å²) in [4.78, 5) is 2.44. The molecule has 1 heterocycles. The Morgan fingerprint density at radius 1 is 1.47 bits per heavy atom. The zero-order valence-electron chi connectivity index (χ0n) is 10.9. The maximum absolute atomic E-state index is 6.02. The maximum atomic E-state index is 6.02. The molecule has 2 nitrogen and oxygen atoms in total. The molecule has 1 aliphatic heterocycles. The molecule has 0 aromatic carbocycles. The van der Waals surface area contributed by atoms with Crippen molar-refractivity contribution in [2.75, 3.05) is 26.2 Å². The lowest BCUT2D eigenvalue weighted by atomic mass is 10.0. The molecule has 0 amide bonds. The summed E-state index contributed by atoms with van der Waals surface area (Å²) in [6, 6.07) is 0.605. The van der Waals surface area contributed by atoms with Crippen LogP contribution in [0.5, 0.6) is 0 Å². The van der Waals surface area contributed by atoms with Crippen molar-refractivity contribution < 1.29 is 0 Å². The molecular weight excluding hydrogens is 255 g/mol. The van der Waals surface area contributed by atoms with Crippen LogP contribution < -0.4 is 5.32 Å². The lowest BCUT2D eigenvalue weighted by Gasteiger charge is -2.35. The minimum absolute atomic E-state index is 0.605. The smallest absolute Gasteiger partial charge is 0.0434 e. The fraction of sp³-hybridized carbons (Fsp3) is 0.846. The minimum Gasteiger partial charge on any atom is -0.315 e. The van der Waals surface area contributed by atoms with Crippen LogP contribution in [0.4, 0.5) is 0 Å². The van der Waals surface area contributed by atoms with E-state index in [1.54, 1.807) is 0 Å². The van der Waals surface area contributed by atoms with E-state index in [2.05, 4.69) is 24.1 Å². The molecule has 1 saturated heterocycles. The quantitative estimate of drug-likeness (QED) is 0.801. The van der Waals surface area contributed by atoms with Gasteiger partial charge in [0, 0.05) is 29.7 Å². The van der Waals surface area contributed by atoms with Gasteiger partial charge in [0.2, 0.25) is 0 Å². The van der Waals surface area contributed by atoms with Crippen molar-refractivity contribution in [1.29, 1.82) is 0 Å². The van der Waals surface area contributed by atoms with Gasteiger partial charge in [-0.3, -0.25) is 4.90 Å². The Labute approximate surface area is 115 Å². The predicted octanol–water partition coefficient (Wildman–Crippen LogP) is 3.41. The third kappa shape index (κ3) is 6.10. The lowest BCUT2D eigenvalue weighted by Crippen LogP contribution is -2.46. The van der Waals surface area contributed by atoms with Gasteiger partial charge in [-0.2, -0.15) is 0 Å². The molecule has 1 rings (SSSR count). The van der Waals surface area contributed by atoms with E-state index in [-0.39, 0.29) is 0 Å². The number of rotatable bonds is 6. The van der Waals surface area contributed by atoms with Gasteiger partial charge >= 0.3 is 0 Å². The number of hydrogen-bond donors (Lipinski definition) is 1. The van der Waals surface area contributed by atoms with Crippen molar-refractivity contribution in [2.45, 2.75) is 39.2 Å². The van der Waals surface area contributed by atoms with Crippen molar-refractivity contribution in [3.05, 3.63) is 10.6 Å². The Balaban J connectivity index is 2.37. The highest BCUT2D eigenvalue weighted by Crippen LogP contribution is 2.19. The summed E-state index contributed by atoms with van der Waals surface area (Å²) in [5.41, 5.74) is 1.48. The first-order chi connectivity index (χ1) is 8.13. The fourth-order valence-electron chi connectivity index (χ4n) is 2.27. The molecule has 1 fully saturated rings. The molecule has 0 aliphatic carbocycles. The molecule has 17 heavy (non-hydrogen) atoms. The van der Waals surface area contributed by atoms with Crippen molar-refractivity contribution in [1.82, 2.24) is 10.2 Å². The molecule has 0 saturated carbocycles. The number of halogens is 2. The average Bonchev–Trinajstić information content (AvgIpc) is 2.30. The van der Waals surface area contributed by atoms with Crippen molar-refractivity contribution in [3.63, 3.8) is 0 Å². The van der Waals surface area contributed by atoms with Crippen molar-refractivity contribution in [2.24, 2.45) is 5.92 Å². The summed E-state index contributed by atoms with van der Waals surface area (Å²) < 4.78 is 0. The van der Waals surface area contributed by atoms with E-state index in [9.17, 15) is 0 Å². The molecule has 0 bridgehead atoms. The first-order valence-corrected chi connectivity index (χ1v) is 7.34. The van der Waals surface area contributed by atoms with Crippen LogP contribution in [0.1, 0.15) is 33.1 Å². The van der Waals surface area contributed by atoms with E-state index in [4.69, 9.17) is 23.2 Å². The van der Waals surface area contributed by atoms with Crippen LogP contribution in [0.25, 0.3) is 0 Å². The third-order valence-electron chi connectivity index (χ3n) is 3.15. The van der Waals surface area contributed by atoms with E-state index in [0.717, 1.165) is 31.2 Å². The Bertz CT molecular complexity index is 242. The molecule has 1 N–H and O–H groups in total. The summed E-state index contributed by atoms with van der Waals surface area (Å²) in [5.74, 6) is 0.707. The first kappa shape index (κ1) is 15.3. The van der Waals surface area contributed by atoms with E-state index < -0.39 is 0 Å². The molecule has 0 aromatic rings. The van der Waals surface area contributed by atoms with Gasteiger partial charge in [-0.25, -0.2) is 0 Å². The Morgan fingerprint density at radius 2 is 2.24 bits per heavy atom. The molecule has 100 valence electrons. The standard InChI is InChI=1S/C13H24Cl2N2/c1-11(2)8-16-9-13-5-3-4-6-17(13)10-12(15)7-14/h7,11,13,16H,3-6,8-10H2,1-2H3. The van der Waals surface area contributed by atoms with Gasteiger partial charge in [0.05, 0.1) is 0 Å². The van der Waals surface area contributed by atoms with Crippen molar-refractivity contribution >= 4 is 23.2 Å². The summed E-state index contributed by atoms with van der Waals surface area (Å²) in [5, 5.41) is 4.28. The molecule has 0 radical (unpaired) electrons. The summed E-state index contributed by atoms with van der Waals surface area (Å²) in [7, 11) is 0. The molecule has 1 unspecified atom stereocenters. The highest BCUT2D eigenvalue weighted by Gasteiger charge is 2.22. The Kier molecular flexibility index (Phi) is 7.52. The lowest BCUT2D eigenvalue weighted by molar-refractivity contribution is 0.160. The van der Waals surface area contributed by atoms with Crippen LogP contribution in [-0.4, -0.2) is 37.1 Å². The number of piperidine rings is 1. The van der Waals surface area contributed by atoms with Crippen LogP contribution in [0.15, 0.2) is 10.6 Å². The SMILES string of the molecule is CC(C)CNCC1CCCCN1CC(Cl)=CCl. The van der Waals surface area contributed by atoms with E-state index >= 15 is 0 Å². The number of nitrogens with one attached hydrogen (secondary N) is 1. The predicted molar refractivity (Wildman–Crippen MR) is 76.7 cm³/mol. The van der Waals surface area contributed by atoms with Gasteiger partial charge in [-0.1, -0.05) is 43.5 Å². The Hall–Kier alpha value is 0.240. The van der Waals surface area contributed by atoms with Gasteiger partial charge in [0.1, 0.15) is 0 Å². The van der Waals surface area contributed by atoms with Crippen LogP contribution in [0, 0.1) is 5.92 Å². The van der Waals surface area contributed by atoms with Crippen LogP contribution in [-0.2, 0) is 0 Å². The van der Waals surface area contributed by atoms with Gasteiger partial charge < -0.3 is 5.32 Å². The van der Waals surface area contributed by atoms with E-state index in [0.29, 0.717) is 12.0 Å². The Morgan fingerprint density at radius 3 is 2.88 bits per heavy atom. The summed E-state index contributed by atoms with van der Waals surface area (Å²) in [6.07, 6.45) is 3.86. The second-order valence-electron chi connectivity index (χ2n) is 5.23. The molecule has 1 atom stereocenters. The minimum atomic E-state index is 0.605. The average molecular weight is 279 g/mol. The van der Waals surface area contributed by atoms with Crippen LogP contribution >= 0.6 is 23.2 Å². The normalized spacial score (nSPS) is 23.4. The largest absolute Gasteiger partial charge is 0.315 e. The summed E-state index contributed by atoms with van der Waals surface area (Å²) in [6.45, 7) is 8.54. The van der Waals surface area contributed by atoms with E-state index in [1.807, 2.05) is 0 Å².